The fraction of sp³-hybridized carbons (Fsp3) is 0.400. The largest absolute Gasteiger partial charge is 0.395 e. The third kappa shape index (κ3) is 2.92. The van der Waals surface area contributed by atoms with Gasteiger partial charge in [0.1, 0.15) is 11.7 Å². The van der Waals surface area contributed by atoms with E-state index in [4.69, 9.17) is 16.2 Å². The van der Waals surface area contributed by atoms with Crippen LogP contribution in [0.3, 0.4) is 0 Å². The van der Waals surface area contributed by atoms with E-state index in [0.717, 1.165) is 5.69 Å². The summed E-state index contributed by atoms with van der Waals surface area (Å²) in [5, 5.41) is 16.2. The number of aromatic nitrogens is 1. The normalized spacial score (nSPS) is 10.1. The van der Waals surface area contributed by atoms with Crippen LogP contribution >= 0.6 is 0 Å². The number of aryl methyl sites for hydroxylation is 1. The molecule has 0 aliphatic carbocycles. The highest BCUT2D eigenvalue weighted by Gasteiger charge is 2.06. The van der Waals surface area contributed by atoms with Gasteiger partial charge in [-0.2, -0.15) is 0 Å². The first kappa shape index (κ1) is 11.5. The average molecular weight is 208 g/mol. The Bertz CT molecular complexity index is 364. The number of hydrogen-bond acceptors (Lipinski definition) is 4. The number of aliphatic hydroxyl groups excluding tert-OH is 1. The van der Waals surface area contributed by atoms with Crippen LogP contribution in [0.1, 0.15) is 11.3 Å². The molecular weight excluding hydrogens is 192 g/mol. The third-order valence-electron chi connectivity index (χ3n) is 2.08. The maximum atomic E-state index is 8.81. The molecule has 0 saturated carbocycles. The van der Waals surface area contributed by atoms with Crippen LogP contribution in [0, 0.1) is 12.3 Å². The third-order valence-corrected chi connectivity index (χ3v) is 2.08. The van der Waals surface area contributed by atoms with Crippen molar-refractivity contribution >= 4 is 11.7 Å². The van der Waals surface area contributed by atoms with Gasteiger partial charge in [0.15, 0.2) is 0 Å². The molecule has 1 rings (SSSR count). The Morgan fingerprint density at radius 2 is 2.27 bits per heavy atom. The van der Waals surface area contributed by atoms with E-state index in [1.165, 1.54) is 0 Å². The Balaban J connectivity index is 3.03. The molecule has 1 heterocycles. The number of likely N-dealkylation sites (N-methyl/N-ethyl adjacent to an activating group) is 1. The quantitative estimate of drug-likeness (QED) is 0.484. The fourth-order valence-corrected chi connectivity index (χ4v) is 1.27. The lowest BCUT2D eigenvalue weighted by Crippen LogP contribution is -2.23. The van der Waals surface area contributed by atoms with Crippen LogP contribution in [0.2, 0.25) is 0 Å². The predicted molar refractivity (Wildman–Crippen MR) is 60.3 cm³/mol. The van der Waals surface area contributed by atoms with Gasteiger partial charge in [0, 0.05) is 24.8 Å². The van der Waals surface area contributed by atoms with Gasteiger partial charge >= 0.3 is 0 Å². The summed E-state index contributed by atoms with van der Waals surface area (Å²) in [5.41, 5.74) is 6.88. The lowest BCUT2D eigenvalue weighted by atomic mass is 10.2. The summed E-state index contributed by atoms with van der Waals surface area (Å²) >= 11 is 0. The molecule has 0 aromatic carbocycles. The second kappa shape index (κ2) is 4.75. The van der Waals surface area contributed by atoms with Gasteiger partial charge in [0.25, 0.3) is 0 Å². The van der Waals surface area contributed by atoms with Crippen LogP contribution in [-0.4, -0.2) is 36.1 Å². The van der Waals surface area contributed by atoms with E-state index in [1.807, 2.05) is 18.9 Å². The van der Waals surface area contributed by atoms with Gasteiger partial charge in [0.05, 0.1) is 6.61 Å². The monoisotopic (exact) mass is 208 g/mol. The summed E-state index contributed by atoms with van der Waals surface area (Å²) < 4.78 is 0. The molecule has 82 valence electrons. The van der Waals surface area contributed by atoms with Crippen molar-refractivity contribution in [2.45, 2.75) is 6.92 Å². The van der Waals surface area contributed by atoms with E-state index in [-0.39, 0.29) is 12.4 Å². The molecule has 0 saturated heterocycles. The second-order valence-corrected chi connectivity index (χ2v) is 3.41. The Morgan fingerprint density at radius 1 is 1.60 bits per heavy atom. The predicted octanol–water partition coefficient (Wildman–Crippen LogP) is 0.103. The second-order valence-electron chi connectivity index (χ2n) is 3.41. The van der Waals surface area contributed by atoms with Crippen molar-refractivity contribution in [3.63, 3.8) is 0 Å². The molecule has 0 aliphatic heterocycles. The molecule has 0 atom stereocenters. The smallest absolute Gasteiger partial charge is 0.129 e. The topological polar surface area (TPSA) is 86.2 Å². The van der Waals surface area contributed by atoms with E-state index >= 15 is 0 Å². The molecule has 1 aromatic rings. The number of nitrogens with one attached hydrogen (secondary N) is 1. The molecule has 0 bridgehead atoms. The average Bonchev–Trinajstić information content (AvgIpc) is 2.17. The zero-order valence-electron chi connectivity index (χ0n) is 8.99. The van der Waals surface area contributed by atoms with Crippen molar-refractivity contribution < 1.29 is 5.11 Å². The molecule has 5 heteroatoms. The highest BCUT2D eigenvalue weighted by Crippen LogP contribution is 2.12. The first-order valence-electron chi connectivity index (χ1n) is 4.69. The highest BCUT2D eigenvalue weighted by atomic mass is 16.3. The SMILES string of the molecule is Cc1cc(C(=N)N)cc(N(C)CCO)n1. The molecular formula is C10H16N4O. The van der Waals surface area contributed by atoms with E-state index in [9.17, 15) is 0 Å². The minimum atomic E-state index is 0.0270. The van der Waals surface area contributed by atoms with E-state index in [0.29, 0.717) is 17.9 Å². The van der Waals surface area contributed by atoms with Crippen molar-refractivity contribution in [3.8, 4) is 0 Å². The molecule has 4 N–H and O–H groups in total. The van der Waals surface area contributed by atoms with Crippen molar-refractivity contribution in [1.29, 1.82) is 5.41 Å². The summed E-state index contributed by atoms with van der Waals surface area (Å²) in [6.07, 6.45) is 0. The molecule has 0 amide bonds. The molecule has 15 heavy (non-hydrogen) atoms. The summed E-state index contributed by atoms with van der Waals surface area (Å²) in [5.74, 6) is 0.744. The molecule has 1 aromatic heterocycles. The van der Waals surface area contributed by atoms with Crippen LogP contribution in [0.15, 0.2) is 12.1 Å². The number of pyridine rings is 1. The van der Waals surface area contributed by atoms with E-state index in [1.54, 1.807) is 12.1 Å². The first-order valence-corrected chi connectivity index (χ1v) is 4.69. The van der Waals surface area contributed by atoms with Gasteiger partial charge < -0.3 is 15.7 Å². The van der Waals surface area contributed by atoms with E-state index in [2.05, 4.69) is 4.98 Å². The Hall–Kier alpha value is -1.62. The van der Waals surface area contributed by atoms with Gasteiger partial charge in [-0.25, -0.2) is 4.98 Å². The standard InChI is InChI=1S/C10H16N4O/c1-7-5-8(10(11)12)6-9(13-7)14(2)3-4-15/h5-6,15H,3-4H2,1-2H3,(H3,11,12). The van der Waals surface area contributed by atoms with Crippen molar-refractivity contribution in [2.75, 3.05) is 25.1 Å². The minimum absolute atomic E-state index is 0.0270. The first-order chi connectivity index (χ1) is 7.04. The molecule has 0 aliphatic rings. The zero-order valence-corrected chi connectivity index (χ0v) is 8.99. The van der Waals surface area contributed by atoms with Crippen LogP contribution in [0.5, 0.6) is 0 Å². The summed E-state index contributed by atoms with van der Waals surface area (Å²) in [6, 6.07) is 3.50. The Labute approximate surface area is 89.1 Å². The number of anilines is 1. The molecule has 0 spiro atoms. The molecule has 0 radical (unpaired) electrons. The maximum absolute atomic E-state index is 8.81. The summed E-state index contributed by atoms with van der Waals surface area (Å²) in [7, 11) is 1.84. The molecule has 0 fully saturated rings. The minimum Gasteiger partial charge on any atom is -0.395 e. The van der Waals surface area contributed by atoms with Crippen molar-refractivity contribution in [3.05, 3.63) is 23.4 Å². The summed E-state index contributed by atoms with van der Waals surface area (Å²) in [4.78, 5) is 6.12. The van der Waals surface area contributed by atoms with Crippen molar-refractivity contribution in [2.24, 2.45) is 5.73 Å². The van der Waals surface area contributed by atoms with Gasteiger partial charge in [-0.3, -0.25) is 5.41 Å². The van der Waals surface area contributed by atoms with Crippen LogP contribution in [0.25, 0.3) is 0 Å². The van der Waals surface area contributed by atoms with Gasteiger partial charge in [-0.15, -0.1) is 0 Å². The maximum Gasteiger partial charge on any atom is 0.129 e. The van der Waals surface area contributed by atoms with E-state index < -0.39 is 0 Å². The molecule has 0 unspecified atom stereocenters. The number of nitrogen functional groups attached to an aromatic ring is 1. The number of nitrogens with two attached hydrogens (primary N) is 1. The Kier molecular flexibility index (Phi) is 3.62. The lowest BCUT2D eigenvalue weighted by Gasteiger charge is -2.17. The number of amidine groups is 1. The fourth-order valence-electron chi connectivity index (χ4n) is 1.27. The van der Waals surface area contributed by atoms with Crippen LogP contribution in [-0.2, 0) is 0 Å². The van der Waals surface area contributed by atoms with Gasteiger partial charge in [-0.1, -0.05) is 0 Å². The number of nitrogens with zero attached hydrogens (tertiary/aromatic N) is 2. The van der Waals surface area contributed by atoms with Gasteiger partial charge in [0.2, 0.25) is 0 Å². The number of aliphatic hydroxyl groups is 1. The summed E-state index contributed by atoms with van der Waals surface area (Å²) in [6.45, 7) is 2.43. The van der Waals surface area contributed by atoms with Crippen LogP contribution in [0.4, 0.5) is 5.82 Å². The van der Waals surface area contributed by atoms with Crippen LogP contribution < -0.4 is 10.6 Å². The number of hydrogen-bond donors (Lipinski definition) is 3. The Morgan fingerprint density at radius 3 is 2.80 bits per heavy atom. The molecule has 5 nitrogen and oxygen atoms in total. The highest BCUT2D eigenvalue weighted by molar-refractivity contribution is 5.95. The lowest BCUT2D eigenvalue weighted by molar-refractivity contribution is 0.304. The van der Waals surface area contributed by atoms with Crippen molar-refractivity contribution in [1.82, 2.24) is 4.98 Å². The number of rotatable bonds is 4. The zero-order chi connectivity index (χ0) is 11.4. The van der Waals surface area contributed by atoms with Gasteiger partial charge in [-0.05, 0) is 19.1 Å².